The Hall–Kier alpha value is -1.86. The van der Waals surface area contributed by atoms with Gasteiger partial charge in [0.2, 0.25) is 0 Å². The van der Waals surface area contributed by atoms with Gasteiger partial charge in [0, 0.05) is 18.7 Å². The average molecular weight is 275 g/mol. The van der Waals surface area contributed by atoms with Crippen LogP contribution in [-0.2, 0) is 0 Å². The van der Waals surface area contributed by atoms with Crippen molar-refractivity contribution in [3.05, 3.63) is 35.1 Å². The maximum absolute atomic E-state index is 13.8. The van der Waals surface area contributed by atoms with Crippen molar-refractivity contribution in [1.29, 1.82) is 0 Å². The summed E-state index contributed by atoms with van der Waals surface area (Å²) in [5, 5.41) is 8.67. The zero-order valence-corrected chi connectivity index (χ0v) is 11.7. The molecule has 4 heteroatoms. The number of halogens is 1. The van der Waals surface area contributed by atoms with E-state index in [4.69, 9.17) is 5.11 Å². The van der Waals surface area contributed by atoms with E-state index in [2.05, 4.69) is 25.7 Å². The maximum atomic E-state index is 13.8. The highest BCUT2D eigenvalue weighted by Crippen LogP contribution is 2.24. The molecule has 0 bridgehead atoms. The van der Waals surface area contributed by atoms with Crippen LogP contribution >= 0.6 is 0 Å². The number of carbonyl (C=O) groups excluding carboxylic acids is 1. The van der Waals surface area contributed by atoms with E-state index in [-0.39, 0.29) is 18.1 Å². The van der Waals surface area contributed by atoms with E-state index in [1.807, 2.05) is 0 Å². The lowest BCUT2D eigenvalue weighted by Gasteiger charge is -2.16. The van der Waals surface area contributed by atoms with Crippen LogP contribution in [0.5, 0.6) is 0 Å². The van der Waals surface area contributed by atoms with Gasteiger partial charge in [0.05, 0.1) is 5.56 Å². The Kier molecular flexibility index (Phi) is 4.41. The van der Waals surface area contributed by atoms with Crippen LogP contribution in [0.3, 0.4) is 0 Å². The lowest BCUT2D eigenvalue weighted by atomic mass is 10.0. The van der Waals surface area contributed by atoms with E-state index in [1.165, 1.54) is 18.2 Å². The summed E-state index contributed by atoms with van der Waals surface area (Å²) in [6, 6.07) is 4.20. The fraction of sp³-hybridized carbons (Fsp3) is 0.438. The monoisotopic (exact) mass is 275 g/mol. The number of amides is 1. The highest BCUT2D eigenvalue weighted by atomic mass is 19.1. The summed E-state index contributed by atoms with van der Waals surface area (Å²) in [5.41, 5.74) is 0.583. The number of nitrogens with zero attached hydrogens (tertiary/aromatic N) is 1. The summed E-state index contributed by atoms with van der Waals surface area (Å²) in [5.74, 6) is 5.22. The fourth-order valence-corrected chi connectivity index (χ4v) is 2.37. The zero-order valence-electron chi connectivity index (χ0n) is 11.7. The molecule has 0 aromatic heterocycles. The Balaban J connectivity index is 2.25. The minimum Gasteiger partial charge on any atom is -0.384 e. The maximum Gasteiger partial charge on any atom is 0.256 e. The lowest BCUT2D eigenvalue weighted by molar-refractivity contribution is 0.0780. The first-order chi connectivity index (χ1) is 9.52. The fourth-order valence-electron chi connectivity index (χ4n) is 2.37. The molecule has 20 heavy (non-hydrogen) atoms. The Labute approximate surface area is 118 Å². The molecule has 1 saturated heterocycles. The summed E-state index contributed by atoms with van der Waals surface area (Å²) in [6.45, 7) is 5.24. The van der Waals surface area contributed by atoms with Crippen LogP contribution in [0.15, 0.2) is 18.2 Å². The van der Waals surface area contributed by atoms with Crippen molar-refractivity contribution in [3.63, 3.8) is 0 Å². The summed E-state index contributed by atoms with van der Waals surface area (Å²) >= 11 is 0. The van der Waals surface area contributed by atoms with Gasteiger partial charge in [0.25, 0.3) is 5.91 Å². The minimum atomic E-state index is -0.531. The molecule has 1 N–H and O–H groups in total. The third-order valence-corrected chi connectivity index (χ3v) is 3.78. The van der Waals surface area contributed by atoms with Crippen LogP contribution in [0.25, 0.3) is 0 Å². The molecule has 2 atom stereocenters. The van der Waals surface area contributed by atoms with Gasteiger partial charge < -0.3 is 10.0 Å². The molecule has 1 aromatic rings. The summed E-state index contributed by atoms with van der Waals surface area (Å²) in [7, 11) is 0. The second-order valence-electron chi connectivity index (χ2n) is 5.32. The molecule has 1 amide bonds. The van der Waals surface area contributed by atoms with Gasteiger partial charge in [-0.1, -0.05) is 25.7 Å². The number of aliphatic hydroxyl groups excluding tert-OH is 1. The predicted molar refractivity (Wildman–Crippen MR) is 74.6 cm³/mol. The number of benzene rings is 1. The van der Waals surface area contributed by atoms with Gasteiger partial charge in [-0.2, -0.15) is 0 Å². The number of hydrogen-bond donors (Lipinski definition) is 1. The predicted octanol–water partition coefficient (Wildman–Crippen LogP) is 1.90. The van der Waals surface area contributed by atoms with Crippen molar-refractivity contribution in [2.24, 2.45) is 11.8 Å². The normalized spacial score (nSPS) is 21.5. The molecule has 0 spiro atoms. The van der Waals surface area contributed by atoms with E-state index >= 15 is 0 Å². The number of carbonyl (C=O) groups is 1. The van der Waals surface area contributed by atoms with Crippen molar-refractivity contribution in [2.75, 3.05) is 19.7 Å². The molecular weight excluding hydrogens is 257 g/mol. The Morgan fingerprint density at radius 1 is 1.40 bits per heavy atom. The Morgan fingerprint density at radius 3 is 2.65 bits per heavy atom. The molecular formula is C16H18FNO2. The number of likely N-dealkylation sites (tertiary alicyclic amines) is 1. The molecule has 2 rings (SSSR count). The lowest BCUT2D eigenvalue weighted by Crippen LogP contribution is -2.29. The zero-order chi connectivity index (χ0) is 14.7. The molecule has 3 nitrogen and oxygen atoms in total. The van der Waals surface area contributed by atoms with Crippen LogP contribution in [0.4, 0.5) is 4.39 Å². The smallest absolute Gasteiger partial charge is 0.256 e. The van der Waals surface area contributed by atoms with E-state index < -0.39 is 5.82 Å². The third-order valence-electron chi connectivity index (χ3n) is 3.78. The number of hydrogen-bond acceptors (Lipinski definition) is 2. The van der Waals surface area contributed by atoms with E-state index in [0.29, 0.717) is 30.5 Å². The average Bonchev–Trinajstić information content (AvgIpc) is 2.77. The molecule has 1 aromatic carbocycles. The molecule has 1 heterocycles. The molecule has 1 aliphatic rings. The minimum absolute atomic E-state index is 0.0519. The number of aliphatic hydroxyl groups is 1. The van der Waals surface area contributed by atoms with Gasteiger partial charge in [-0.15, -0.1) is 0 Å². The topological polar surface area (TPSA) is 40.5 Å². The molecule has 0 radical (unpaired) electrons. The van der Waals surface area contributed by atoms with Crippen molar-refractivity contribution in [3.8, 4) is 11.8 Å². The van der Waals surface area contributed by atoms with Crippen LogP contribution in [-0.4, -0.2) is 35.6 Å². The molecule has 1 aliphatic heterocycles. The molecule has 1 fully saturated rings. The van der Waals surface area contributed by atoms with Crippen LogP contribution in [0.2, 0.25) is 0 Å². The van der Waals surface area contributed by atoms with Gasteiger partial charge in [-0.05, 0) is 30.0 Å². The second-order valence-corrected chi connectivity index (χ2v) is 5.32. The van der Waals surface area contributed by atoms with E-state index in [1.54, 1.807) is 4.90 Å². The standard InChI is InChI=1S/C16H18FNO2/c1-11-9-18(10-12(11)2)16(20)14-8-13(4-3-7-19)5-6-15(14)17/h5-6,8,11-12,19H,7,9-10H2,1-2H3. The van der Waals surface area contributed by atoms with Gasteiger partial charge in [-0.3, -0.25) is 4.79 Å². The van der Waals surface area contributed by atoms with Gasteiger partial charge in [0.15, 0.2) is 0 Å². The Morgan fingerprint density at radius 2 is 2.05 bits per heavy atom. The first-order valence-corrected chi connectivity index (χ1v) is 6.71. The van der Waals surface area contributed by atoms with Gasteiger partial charge in [-0.25, -0.2) is 4.39 Å². The first-order valence-electron chi connectivity index (χ1n) is 6.71. The van der Waals surface area contributed by atoms with E-state index in [9.17, 15) is 9.18 Å². The van der Waals surface area contributed by atoms with Gasteiger partial charge >= 0.3 is 0 Å². The van der Waals surface area contributed by atoms with E-state index in [0.717, 1.165) is 0 Å². The van der Waals surface area contributed by atoms with Crippen molar-refractivity contribution in [2.45, 2.75) is 13.8 Å². The largest absolute Gasteiger partial charge is 0.384 e. The summed E-state index contributed by atoms with van der Waals surface area (Å²) in [6.07, 6.45) is 0. The number of rotatable bonds is 1. The highest BCUT2D eigenvalue weighted by molar-refractivity contribution is 5.95. The second kappa shape index (κ2) is 6.06. The SMILES string of the molecule is CC1CN(C(=O)c2cc(C#CCO)ccc2F)CC1C. The summed E-state index contributed by atoms with van der Waals surface area (Å²) < 4.78 is 13.8. The van der Waals surface area contributed by atoms with Crippen molar-refractivity contribution < 1.29 is 14.3 Å². The van der Waals surface area contributed by atoms with Crippen LogP contribution in [0, 0.1) is 29.5 Å². The van der Waals surface area contributed by atoms with Crippen LogP contribution < -0.4 is 0 Å². The molecule has 2 unspecified atom stereocenters. The van der Waals surface area contributed by atoms with Crippen molar-refractivity contribution in [1.82, 2.24) is 4.90 Å². The Bertz CT molecular complexity index is 564. The van der Waals surface area contributed by atoms with Crippen molar-refractivity contribution >= 4 is 5.91 Å². The quantitative estimate of drug-likeness (QED) is 0.795. The molecule has 0 aliphatic carbocycles. The van der Waals surface area contributed by atoms with Crippen LogP contribution in [0.1, 0.15) is 29.8 Å². The van der Waals surface area contributed by atoms with Gasteiger partial charge in [0.1, 0.15) is 12.4 Å². The first kappa shape index (κ1) is 14.5. The molecule has 0 saturated carbocycles. The third kappa shape index (κ3) is 3.00. The molecule has 106 valence electrons. The highest BCUT2D eigenvalue weighted by Gasteiger charge is 2.30. The summed E-state index contributed by atoms with van der Waals surface area (Å²) in [4.78, 5) is 14.1.